The summed E-state index contributed by atoms with van der Waals surface area (Å²) in [5.41, 5.74) is 4.10. The molecule has 2 fully saturated rings. The highest BCUT2D eigenvalue weighted by atomic mass is 16.6. The number of aromatic nitrogens is 2. The highest BCUT2D eigenvalue weighted by Crippen LogP contribution is 2.52. The van der Waals surface area contributed by atoms with E-state index in [-0.39, 0.29) is 17.7 Å². The van der Waals surface area contributed by atoms with E-state index in [2.05, 4.69) is 49.8 Å². The molecular weight excluding hydrogens is 416 g/mol. The monoisotopic (exact) mass is 452 g/mol. The van der Waals surface area contributed by atoms with Gasteiger partial charge in [0.15, 0.2) is 0 Å². The topological polar surface area (TPSA) is 68.6 Å². The molecule has 0 radical (unpaired) electrons. The molecule has 3 aliphatic heterocycles. The molecule has 0 saturated carbocycles. The molecule has 2 saturated heterocycles. The maximum absolute atomic E-state index is 12.5. The van der Waals surface area contributed by atoms with Crippen molar-refractivity contribution < 1.29 is 14.3 Å². The van der Waals surface area contributed by atoms with Crippen molar-refractivity contribution in [3.8, 4) is 17.0 Å². The molecule has 0 aliphatic carbocycles. The van der Waals surface area contributed by atoms with Crippen LogP contribution in [-0.4, -0.2) is 52.1 Å². The fourth-order valence-corrected chi connectivity index (χ4v) is 6.18. The van der Waals surface area contributed by atoms with E-state index in [4.69, 9.17) is 14.6 Å². The standard InChI is InChI=1S/C26H36N4O3/c1-6-32-24(31)29-14-12-26(15-17(29)2)22-18(3)30(19-11-13-27-25(4,5)16-19)28-23(22)20-9-7-8-10-21(20)33-26/h7-10,17,19,27H,6,11-16H2,1-5H3/t17-,19+,26+/m0/s1. The first kappa shape index (κ1) is 22.3. The molecule has 1 aromatic carbocycles. The molecule has 0 unspecified atom stereocenters. The minimum Gasteiger partial charge on any atom is -0.482 e. The number of benzene rings is 1. The number of hydrogen-bond donors (Lipinski definition) is 1. The molecule has 33 heavy (non-hydrogen) atoms. The minimum absolute atomic E-state index is 0.0106. The van der Waals surface area contributed by atoms with Gasteiger partial charge in [0.25, 0.3) is 0 Å². The van der Waals surface area contributed by atoms with Crippen LogP contribution < -0.4 is 10.1 Å². The maximum Gasteiger partial charge on any atom is 0.409 e. The largest absolute Gasteiger partial charge is 0.482 e. The van der Waals surface area contributed by atoms with Crippen LogP contribution in [-0.2, 0) is 10.3 Å². The lowest BCUT2D eigenvalue weighted by atomic mass is 9.77. The number of nitrogens with zero attached hydrogens (tertiary/aromatic N) is 3. The molecule has 1 spiro atoms. The molecule has 7 heteroatoms. The van der Waals surface area contributed by atoms with Crippen molar-refractivity contribution in [1.29, 1.82) is 0 Å². The summed E-state index contributed by atoms with van der Waals surface area (Å²) in [6, 6.07) is 8.60. The van der Waals surface area contributed by atoms with Gasteiger partial charge in [0.1, 0.15) is 17.0 Å². The summed E-state index contributed by atoms with van der Waals surface area (Å²) in [5, 5.41) is 8.87. The average Bonchev–Trinajstić information content (AvgIpc) is 3.12. The Hall–Kier alpha value is -2.54. The molecule has 1 amide bonds. The predicted octanol–water partition coefficient (Wildman–Crippen LogP) is 4.79. The number of piperidine rings is 2. The number of carbonyl (C=O) groups excluding carboxylic acids is 1. The smallest absolute Gasteiger partial charge is 0.409 e. The third kappa shape index (κ3) is 3.70. The zero-order valence-electron chi connectivity index (χ0n) is 20.5. The van der Waals surface area contributed by atoms with Gasteiger partial charge in [-0.25, -0.2) is 4.79 Å². The number of para-hydroxylation sites is 1. The second-order valence-corrected chi connectivity index (χ2v) is 10.5. The van der Waals surface area contributed by atoms with E-state index >= 15 is 0 Å². The Labute approximate surface area is 196 Å². The van der Waals surface area contributed by atoms with Gasteiger partial charge in [-0.1, -0.05) is 12.1 Å². The van der Waals surface area contributed by atoms with Crippen LogP contribution in [0.1, 0.15) is 70.7 Å². The van der Waals surface area contributed by atoms with Gasteiger partial charge in [-0.05, 0) is 66.1 Å². The number of fused-ring (bicyclic) bond motifs is 4. The Morgan fingerprint density at radius 3 is 2.82 bits per heavy atom. The van der Waals surface area contributed by atoms with E-state index in [1.54, 1.807) is 0 Å². The third-order valence-corrected chi connectivity index (χ3v) is 7.64. The molecule has 3 aliphatic rings. The fourth-order valence-electron chi connectivity index (χ4n) is 6.18. The van der Waals surface area contributed by atoms with Gasteiger partial charge in [0.2, 0.25) is 0 Å². The van der Waals surface area contributed by atoms with Crippen LogP contribution >= 0.6 is 0 Å². The maximum atomic E-state index is 12.5. The summed E-state index contributed by atoms with van der Waals surface area (Å²) in [7, 11) is 0. The lowest BCUT2D eigenvalue weighted by Crippen LogP contribution is -2.53. The molecule has 178 valence electrons. The zero-order valence-corrected chi connectivity index (χ0v) is 20.5. The lowest BCUT2D eigenvalue weighted by molar-refractivity contribution is -0.0271. The van der Waals surface area contributed by atoms with Crippen molar-refractivity contribution in [2.75, 3.05) is 19.7 Å². The Balaban J connectivity index is 1.57. The normalized spacial score (nSPS) is 28.1. The van der Waals surface area contributed by atoms with Gasteiger partial charge in [0.05, 0.1) is 12.6 Å². The first-order valence-electron chi connectivity index (χ1n) is 12.3. The first-order valence-corrected chi connectivity index (χ1v) is 12.3. The number of rotatable bonds is 2. The van der Waals surface area contributed by atoms with E-state index in [1.165, 1.54) is 11.3 Å². The van der Waals surface area contributed by atoms with Gasteiger partial charge >= 0.3 is 6.09 Å². The van der Waals surface area contributed by atoms with E-state index in [1.807, 2.05) is 24.0 Å². The average molecular weight is 453 g/mol. The summed E-state index contributed by atoms with van der Waals surface area (Å²) in [6.45, 7) is 12.7. The number of amides is 1. The molecule has 7 nitrogen and oxygen atoms in total. The third-order valence-electron chi connectivity index (χ3n) is 7.64. The van der Waals surface area contributed by atoms with Gasteiger partial charge < -0.3 is 19.7 Å². The molecule has 0 bridgehead atoms. The van der Waals surface area contributed by atoms with E-state index in [9.17, 15) is 4.79 Å². The summed E-state index contributed by atoms with van der Waals surface area (Å²) in [5.74, 6) is 0.886. The van der Waals surface area contributed by atoms with Gasteiger partial charge in [-0.15, -0.1) is 0 Å². The van der Waals surface area contributed by atoms with Crippen molar-refractivity contribution in [3.05, 3.63) is 35.5 Å². The number of hydrogen-bond acceptors (Lipinski definition) is 5. The molecule has 1 aromatic heterocycles. The number of ether oxygens (including phenoxy) is 2. The first-order chi connectivity index (χ1) is 15.7. The Morgan fingerprint density at radius 2 is 2.09 bits per heavy atom. The number of likely N-dealkylation sites (tertiary alicyclic amines) is 1. The molecule has 4 heterocycles. The molecule has 5 rings (SSSR count). The minimum atomic E-state index is -0.489. The van der Waals surface area contributed by atoms with E-state index in [0.717, 1.165) is 49.2 Å². The van der Waals surface area contributed by atoms with Crippen molar-refractivity contribution in [1.82, 2.24) is 20.0 Å². The quantitative estimate of drug-likeness (QED) is 0.710. The summed E-state index contributed by atoms with van der Waals surface area (Å²) in [4.78, 5) is 14.3. The van der Waals surface area contributed by atoms with Gasteiger partial charge in [-0.3, -0.25) is 4.68 Å². The Bertz CT molecular complexity index is 1060. The van der Waals surface area contributed by atoms with Crippen molar-refractivity contribution in [2.45, 2.75) is 83.5 Å². The second kappa shape index (κ2) is 8.05. The van der Waals surface area contributed by atoms with E-state index < -0.39 is 5.60 Å². The van der Waals surface area contributed by atoms with Crippen LogP contribution in [0.15, 0.2) is 24.3 Å². The molecule has 3 atom stereocenters. The van der Waals surface area contributed by atoms with Crippen molar-refractivity contribution in [2.24, 2.45) is 0 Å². The number of carbonyl (C=O) groups is 1. The Kier molecular flexibility index (Phi) is 5.43. The molecular formula is C26H36N4O3. The summed E-state index contributed by atoms with van der Waals surface area (Å²) in [6.07, 6.45) is 3.31. The zero-order chi connectivity index (χ0) is 23.4. The van der Waals surface area contributed by atoms with E-state index in [0.29, 0.717) is 19.2 Å². The van der Waals surface area contributed by atoms with Gasteiger partial charge in [0, 0.05) is 47.8 Å². The molecule has 2 aromatic rings. The van der Waals surface area contributed by atoms with Gasteiger partial charge in [-0.2, -0.15) is 5.10 Å². The van der Waals surface area contributed by atoms with Crippen molar-refractivity contribution in [3.63, 3.8) is 0 Å². The predicted molar refractivity (Wildman–Crippen MR) is 127 cm³/mol. The summed E-state index contributed by atoms with van der Waals surface area (Å²) < 4.78 is 14.4. The van der Waals surface area contributed by atoms with Crippen LogP contribution in [0.5, 0.6) is 5.75 Å². The highest BCUT2D eigenvalue weighted by molar-refractivity contribution is 5.75. The van der Waals surface area contributed by atoms with Crippen LogP contribution in [0.2, 0.25) is 0 Å². The highest BCUT2D eigenvalue weighted by Gasteiger charge is 2.50. The lowest BCUT2D eigenvalue weighted by Gasteiger charge is -2.47. The van der Waals surface area contributed by atoms with Crippen molar-refractivity contribution >= 4 is 6.09 Å². The van der Waals surface area contributed by atoms with Crippen LogP contribution in [0.3, 0.4) is 0 Å². The second-order valence-electron chi connectivity index (χ2n) is 10.5. The number of nitrogens with one attached hydrogen (secondary N) is 1. The van der Waals surface area contributed by atoms with Crippen LogP contribution in [0.25, 0.3) is 11.3 Å². The van der Waals surface area contributed by atoms with Crippen LogP contribution in [0, 0.1) is 6.92 Å². The Morgan fingerprint density at radius 1 is 1.30 bits per heavy atom. The summed E-state index contributed by atoms with van der Waals surface area (Å²) >= 11 is 0. The van der Waals surface area contributed by atoms with Crippen LogP contribution in [0.4, 0.5) is 4.79 Å². The fraction of sp³-hybridized carbons (Fsp3) is 0.615. The SMILES string of the molecule is CCOC(=O)N1CC[C@]2(C[C@@H]1C)Oc1ccccc1-c1nn([C@@H]3CCNC(C)(C)C3)c(C)c12. The molecule has 1 N–H and O–H groups in total.